The van der Waals surface area contributed by atoms with Crippen molar-refractivity contribution in [3.8, 4) is 0 Å². The molecule has 0 unspecified atom stereocenters. The Bertz CT molecular complexity index is 753. The number of nitrogens with one attached hydrogen (secondary N) is 1. The highest BCUT2D eigenvalue weighted by molar-refractivity contribution is 7.85. The predicted molar refractivity (Wildman–Crippen MR) is 104 cm³/mol. The molecule has 7 nitrogen and oxygen atoms in total. The van der Waals surface area contributed by atoms with Gasteiger partial charge in [-0.2, -0.15) is 5.10 Å². The van der Waals surface area contributed by atoms with Crippen LogP contribution in [0.3, 0.4) is 0 Å². The van der Waals surface area contributed by atoms with Crippen LogP contribution >= 0.6 is 11.6 Å². The van der Waals surface area contributed by atoms with Gasteiger partial charge in [-0.15, -0.1) is 0 Å². The molecule has 2 heterocycles. The van der Waals surface area contributed by atoms with Crippen LogP contribution in [0.1, 0.15) is 16.1 Å². The molecule has 0 bridgehead atoms. The molecule has 1 aromatic carbocycles. The number of hydrogen-bond acceptors (Lipinski definition) is 5. The molecule has 1 aromatic heterocycles. The van der Waals surface area contributed by atoms with Crippen LogP contribution in [0.5, 0.6) is 0 Å². The second kappa shape index (κ2) is 8.66. The van der Waals surface area contributed by atoms with Gasteiger partial charge in [-0.1, -0.05) is 17.7 Å². The van der Waals surface area contributed by atoms with E-state index in [0.29, 0.717) is 47.5 Å². The fourth-order valence-corrected chi connectivity index (χ4v) is 4.26. The van der Waals surface area contributed by atoms with Crippen LogP contribution in [0.2, 0.25) is 5.02 Å². The van der Waals surface area contributed by atoms with E-state index in [1.54, 1.807) is 35.4 Å². The maximum atomic E-state index is 12.9. The van der Waals surface area contributed by atoms with Crippen LogP contribution in [0.4, 0.5) is 5.69 Å². The number of benzene rings is 1. The zero-order chi connectivity index (χ0) is 18.5. The van der Waals surface area contributed by atoms with Crippen molar-refractivity contribution in [1.29, 1.82) is 0 Å². The number of anilines is 1. The molecule has 0 atom stereocenters. The maximum absolute atomic E-state index is 12.9. The van der Waals surface area contributed by atoms with Gasteiger partial charge in [-0.3, -0.25) is 19.0 Å². The Morgan fingerprint density at radius 2 is 2.12 bits per heavy atom. The molecule has 0 saturated carbocycles. The third-order valence-electron chi connectivity index (χ3n) is 4.48. The summed E-state index contributed by atoms with van der Waals surface area (Å²) in [7, 11) is -0.715. The van der Waals surface area contributed by atoms with Crippen LogP contribution in [0, 0.1) is 0 Å². The van der Waals surface area contributed by atoms with E-state index in [4.69, 9.17) is 17.3 Å². The van der Waals surface area contributed by atoms with E-state index in [1.165, 1.54) is 0 Å². The topological polar surface area (TPSA) is 95.3 Å². The number of carbonyl (C=O) groups excluding carboxylic acids is 1. The van der Waals surface area contributed by atoms with Gasteiger partial charge in [-0.05, 0) is 18.2 Å². The summed E-state index contributed by atoms with van der Waals surface area (Å²) in [6.45, 7) is 3.12. The second-order valence-corrected chi connectivity index (χ2v) is 8.30. The van der Waals surface area contributed by atoms with E-state index >= 15 is 0 Å². The molecule has 1 aliphatic rings. The summed E-state index contributed by atoms with van der Waals surface area (Å²) in [5, 5.41) is 7.12. The van der Waals surface area contributed by atoms with Crippen molar-refractivity contribution >= 4 is 34.0 Å². The van der Waals surface area contributed by atoms with E-state index in [-0.39, 0.29) is 5.91 Å². The van der Waals surface area contributed by atoms with E-state index in [1.807, 2.05) is 0 Å². The molecule has 1 saturated heterocycles. The average molecular weight is 396 g/mol. The summed E-state index contributed by atoms with van der Waals surface area (Å²) in [5.74, 6) is 1.22. The third-order valence-corrected chi connectivity index (χ3v) is 6.11. The van der Waals surface area contributed by atoms with Gasteiger partial charge < -0.3 is 10.6 Å². The van der Waals surface area contributed by atoms with Gasteiger partial charge >= 0.3 is 0 Å². The van der Waals surface area contributed by atoms with E-state index < -0.39 is 10.8 Å². The van der Waals surface area contributed by atoms with Crippen molar-refractivity contribution < 1.29 is 9.00 Å². The van der Waals surface area contributed by atoms with Crippen molar-refractivity contribution in [1.82, 2.24) is 20.0 Å². The molecule has 26 heavy (non-hydrogen) atoms. The first-order valence-corrected chi connectivity index (χ1v) is 10.3. The highest BCUT2D eigenvalue weighted by Gasteiger charge is 2.22. The fraction of sp³-hybridized carbons (Fsp3) is 0.412. The standard InChI is InChI=1S/C17H22ClN5O2S/c18-14-2-1-3-15(19)13(14)12-23(17(24)16-4-5-20-21-16)7-6-22-8-10-26(25)11-9-22/h1-5H,6-12,19H2,(H,20,21). The van der Waals surface area contributed by atoms with Crippen molar-refractivity contribution in [3.05, 3.63) is 46.7 Å². The molecule has 1 aliphatic heterocycles. The van der Waals surface area contributed by atoms with E-state index in [9.17, 15) is 9.00 Å². The van der Waals surface area contributed by atoms with Crippen molar-refractivity contribution in [2.24, 2.45) is 0 Å². The van der Waals surface area contributed by atoms with Gasteiger partial charge in [-0.25, -0.2) is 0 Å². The number of aromatic nitrogens is 2. The van der Waals surface area contributed by atoms with Gasteiger partial charge in [0, 0.05) is 77.5 Å². The van der Waals surface area contributed by atoms with E-state index in [2.05, 4.69) is 15.1 Å². The highest BCUT2D eigenvalue weighted by atomic mass is 35.5. The summed E-state index contributed by atoms with van der Waals surface area (Å²) in [6.07, 6.45) is 1.55. The van der Waals surface area contributed by atoms with Gasteiger partial charge in [0.1, 0.15) is 5.69 Å². The Balaban J connectivity index is 1.73. The van der Waals surface area contributed by atoms with Crippen LogP contribution in [0.25, 0.3) is 0 Å². The summed E-state index contributed by atoms with van der Waals surface area (Å²) < 4.78 is 11.5. The van der Waals surface area contributed by atoms with Crippen molar-refractivity contribution in [2.75, 3.05) is 43.4 Å². The lowest BCUT2D eigenvalue weighted by molar-refractivity contribution is 0.0718. The summed E-state index contributed by atoms with van der Waals surface area (Å²) in [4.78, 5) is 16.8. The molecule has 2 aromatic rings. The molecule has 0 spiro atoms. The lowest BCUT2D eigenvalue weighted by Crippen LogP contribution is -2.43. The molecule has 3 N–H and O–H groups in total. The largest absolute Gasteiger partial charge is 0.398 e. The smallest absolute Gasteiger partial charge is 0.272 e. The van der Waals surface area contributed by atoms with Crippen LogP contribution in [-0.4, -0.2) is 67.8 Å². The predicted octanol–water partition coefficient (Wildman–Crippen LogP) is 1.35. The Hall–Kier alpha value is -1.90. The number of halogens is 1. The molecule has 0 radical (unpaired) electrons. The minimum atomic E-state index is -0.715. The van der Waals surface area contributed by atoms with Crippen molar-refractivity contribution in [2.45, 2.75) is 6.54 Å². The average Bonchev–Trinajstić information content (AvgIpc) is 3.16. The lowest BCUT2D eigenvalue weighted by Gasteiger charge is -2.30. The minimum absolute atomic E-state index is 0.151. The first kappa shape index (κ1) is 18.9. The first-order valence-electron chi connectivity index (χ1n) is 8.43. The number of H-pyrrole nitrogens is 1. The third kappa shape index (κ3) is 4.63. The van der Waals surface area contributed by atoms with Gasteiger partial charge in [0.2, 0.25) is 0 Å². The fourth-order valence-electron chi connectivity index (χ4n) is 2.89. The van der Waals surface area contributed by atoms with Crippen LogP contribution in [0.15, 0.2) is 30.5 Å². The molecule has 0 aliphatic carbocycles. The second-order valence-electron chi connectivity index (χ2n) is 6.19. The molecular weight excluding hydrogens is 374 g/mol. The number of nitrogens with zero attached hydrogens (tertiary/aromatic N) is 3. The Morgan fingerprint density at radius 1 is 1.35 bits per heavy atom. The van der Waals surface area contributed by atoms with E-state index in [0.717, 1.165) is 18.7 Å². The summed E-state index contributed by atoms with van der Waals surface area (Å²) in [5.41, 5.74) is 7.78. The van der Waals surface area contributed by atoms with Gasteiger partial charge in [0.15, 0.2) is 0 Å². The van der Waals surface area contributed by atoms with Gasteiger partial charge in [0.25, 0.3) is 5.91 Å². The number of nitrogen functional groups attached to an aromatic ring is 1. The SMILES string of the molecule is Nc1cccc(Cl)c1CN(CCN1CCS(=O)CC1)C(=O)c1ccn[nH]1. The monoisotopic (exact) mass is 395 g/mol. The molecule has 1 amide bonds. The zero-order valence-electron chi connectivity index (χ0n) is 14.4. The van der Waals surface area contributed by atoms with Gasteiger partial charge in [0.05, 0.1) is 0 Å². The number of aromatic amines is 1. The molecule has 9 heteroatoms. The quantitative estimate of drug-likeness (QED) is 0.720. The molecule has 3 rings (SSSR count). The zero-order valence-corrected chi connectivity index (χ0v) is 15.9. The number of hydrogen-bond donors (Lipinski definition) is 2. The highest BCUT2D eigenvalue weighted by Crippen LogP contribution is 2.24. The molecule has 140 valence electrons. The first-order chi connectivity index (χ1) is 12.5. The normalized spacial score (nSPS) is 15.9. The molecular formula is C17H22ClN5O2S. The number of amides is 1. The summed E-state index contributed by atoms with van der Waals surface area (Å²) in [6, 6.07) is 6.98. The molecule has 1 fully saturated rings. The number of nitrogens with two attached hydrogens (primary N) is 1. The minimum Gasteiger partial charge on any atom is -0.398 e. The Kier molecular flexibility index (Phi) is 6.29. The number of carbonyl (C=O) groups is 1. The Morgan fingerprint density at radius 3 is 2.77 bits per heavy atom. The van der Waals surface area contributed by atoms with Crippen LogP contribution in [-0.2, 0) is 17.3 Å². The number of rotatable bonds is 6. The lowest BCUT2D eigenvalue weighted by atomic mass is 10.1. The maximum Gasteiger partial charge on any atom is 0.272 e. The Labute approximate surface area is 159 Å². The summed E-state index contributed by atoms with van der Waals surface area (Å²) >= 11 is 6.29. The van der Waals surface area contributed by atoms with Crippen LogP contribution < -0.4 is 5.73 Å². The van der Waals surface area contributed by atoms with Crippen molar-refractivity contribution in [3.63, 3.8) is 0 Å².